The predicted octanol–water partition coefficient (Wildman–Crippen LogP) is 1.01. The summed E-state index contributed by atoms with van der Waals surface area (Å²) in [6.07, 6.45) is 1.48. The van der Waals surface area contributed by atoms with Gasteiger partial charge in [-0.05, 0) is 6.92 Å². The molecule has 0 aromatic carbocycles. The molecular formula is C4H8N2O. The topological polar surface area (TPSA) is 45.4 Å². The van der Waals surface area contributed by atoms with Crippen molar-refractivity contribution in [1.29, 1.82) is 5.41 Å². The van der Waals surface area contributed by atoms with Gasteiger partial charge in [-0.25, -0.2) is 0 Å². The largest absolute Gasteiger partial charge is 0.343 e. The zero-order chi connectivity index (χ0) is 5.70. The van der Waals surface area contributed by atoms with Crippen LogP contribution in [0.15, 0.2) is 5.16 Å². The number of hydrogen-bond donors (Lipinski definition) is 1. The second kappa shape index (κ2) is 3.33. The van der Waals surface area contributed by atoms with E-state index >= 15 is 0 Å². The normalized spacial score (nSPS) is 9.43. The van der Waals surface area contributed by atoms with Crippen molar-refractivity contribution in [3.63, 3.8) is 0 Å². The number of hydrogen-bond acceptors (Lipinski definition) is 3. The summed E-state index contributed by atoms with van der Waals surface area (Å²) in [5.41, 5.74) is 0. The first-order valence-electron chi connectivity index (χ1n) is 1.97. The predicted molar refractivity (Wildman–Crippen MR) is 28.7 cm³/mol. The van der Waals surface area contributed by atoms with Crippen LogP contribution in [0.5, 0.6) is 0 Å². The summed E-state index contributed by atoms with van der Waals surface area (Å²) >= 11 is 0. The van der Waals surface area contributed by atoms with Gasteiger partial charge < -0.3 is 4.84 Å². The van der Waals surface area contributed by atoms with Gasteiger partial charge in [0.1, 0.15) is 0 Å². The van der Waals surface area contributed by atoms with Crippen LogP contribution in [0.1, 0.15) is 13.8 Å². The van der Waals surface area contributed by atoms with Gasteiger partial charge in [-0.3, -0.25) is 5.41 Å². The summed E-state index contributed by atoms with van der Waals surface area (Å²) < 4.78 is 0. The van der Waals surface area contributed by atoms with Crippen LogP contribution in [0.2, 0.25) is 0 Å². The van der Waals surface area contributed by atoms with E-state index in [-0.39, 0.29) is 5.90 Å². The summed E-state index contributed by atoms with van der Waals surface area (Å²) in [7, 11) is 0. The van der Waals surface area contributed by atoms with E-state index in [1.54, 1.807) is 6.92 Å². The Hall–Kier alpha value is -0.860. The highest BCUT2D eigenvalue weighted by molar-refractivity contribution is 5.69. The van der Waals surface area contributed by atoms with Gasteiger partial charge in [0, 0.05) is 13.1 Å². The van der Waals surface area contributed by atoms with Gasteiger partial charge in [0.25, 0.3) is 0 Å². The highest BCUT2D eigenvalue weighted by Crippen LogP contribution is 1.73. The Balaban J connectivity index is 3.14. The molecule has 0 rings (SSSR count). The van der Waals surface area contributed by atoms with Gasteiger partial charge in [-0.2, -0.15) is 0 Å². The van der Waals surface area contributed by atoms with Crippen LogP contribution in [0.25, 0.3) is 0 Å². The average Bonchev–Trinajstić information content (AvgIpc) is 1.61. The molecule has 0 atom stereocenters. The molecular weight excluding hydrogens is 92.1 g/mol. The van der Waals surface area contributed by atoms with Crippen LogP contribution < -0.4 is 0 Å². The molecule has 3 heteroatoms. The first kappa shape index (κ1) is 6.14. The molecule has 7 heavy (non-hydrogen) atoms. The number of nitrogens with one attached hydrogen (secondary N) is 1. The monoisotopic (exact) mass is 100 g/mol. The van der Waals surface area contributed by atoms with Crippen molar-refractivity contribution in [2.24, 2.45) is 5.16 Å². The lowest BCUT2D eigenvalue weighted by Gasteiger charge is -1.86. The zero-order valence-electron chi connectivity index (χ0n) is 4.43. The maximum absolute atomic E-state index is 6.66. The Kier molecular flexibility index (Phi) is 2.92. The SMILES string of the molecule is C/C=N/OC(C)=N. The van der Waals surface area contributed by atoms with Crippen LogP contribution >= 0.6 is 0 Å². The Labute approximate surface area is 42.5 Å². The minimum Gasteiger partial charge on any atom is -0.343 e. The van der Waals surface area contributed by atoms with Gasteiger partial charge in [0.05, 0.1) is 0 Å². The Bertz CT molecular complexity index is 87.7. The maximum atomic E-state index is 6.66. The lowest BCUT2D eigenvalue weighted by molar-refractivity contribution is 0.324. The summed E-state index contributed by atoms with van der Waals surface area (Å²) in [4.78, 5) is 4.34. The first-order valence-corrected chi connectivity index (χ1v) is 1.97. The van der Waals surface area contributed by atoms with Crippen LogP contribution in [0.3, 0.4) is 0 Å². The third-order valence-electron chi connectivity index (χ3n) is 0.295. The van der Waals surface area contributed by atoms with Crippen LogP contribution in [0.4, 0.5) is 0 Å². The number of oxime groups is 1. The molecule has 0 saturated heterocycles. The zero-order valence-corrected chi connectivity index (χ0v) is 4.43. The molecule has 0 aliphatic rings. The minimum absolute atomic E-state index is 0.109. The van der Waals surface area contributed by atoms with Gasteiger partial charge in [0.15, 0.2) is 0 Å². The van der Waals surface area contributed by atoms with E-state index in [1.807, 2.05) is 0 Å². The van der Waals surface area contributed by atoms with Crippen molar-refractivity contribution < 1.29 is 4.84 Å². The maximum Gasteiger partial charge on any atom is 0.214 e. The van der Waals surface area contributed by atoms with E-state index < -0.39 is 0 Å². The van der Waals surface area contributed by atoms with Gasteiger partial charge in [-0.15, -0.1) is 0 Å². The van der Waals surface area contributed by atoms with Gasteiger partial charge in [-0.1, -0.05) is 5.16 Å². The molecule has 0 saturated carbocycles. The van der Waals surface area contributed by atoms with Crippen molar-refractivity contribution in [2.75, 3.05) is 0 Å². The molecule has 1 N–H and O–H groups in total. The van der Waals surface area contributed by atoms with E-state index in [0.717, 1.165) is 0 Å². The molecule has 0 heterocycles. The molecule has 0 radical (unpaired) electrons. The van der Waals surface area contributed by atoms with E-state index in [4.69, 9.17) is 5.41 Å². The fourth-order valence-electron chi connectivity index (χ4n) is 0.132. The van der Waals surface area contributed by atoms with Crippen molar-refractivity contribution in [3.8, 4) is 0 Å². The summed E-state index contributed by atoms with van der Waals surface area (Å²) in [5.74, 6) is 0.109. The number of rotatable bonds is 1. The molecule has 0 aromatic rings. The quantitative estimate of drug-likeness (QED) is 0.298. The molecule has 40 valence electrons. The van der Waals surface area contributed by atoms with Gasteiger partial charge >= 0.3 is 0 Å². The van der Waals surface area contributed by atoms with Crippen LogP contribution in [-0.2, 0) is 4.84 Å². The summed E-state index contributed by atoms with van der Waals surface area (Å²) in [5, 5.41) is 9.98. The third-order valence-corrected chi connectivity index (χ3v) is 0.295. The standard InChI is InChI=1S/C4H8N2O/c1-3-6-7-4(2)5/h3,5H,1-2H3/b5-4?,6-3+. The molecule has 0 aliphatic carbocycles. The molecule has 0 bridgehead atoms. The molecule has 0 fully saturated rings. The smallest absolute Gasteiger partial charge is 0.214 e. The second-order valence-corrected chi connectivity index (χ2v) is 1.01. The van der Waals surface area contributed by atoms with E-state index in [0.29, 0.717) is 0 Å². The fraction of sp³-hybridized carbons (Fsp3) is 0.500. The Morgan fingerprint density at radius 3 is 2.57 bits per heavy atom. The molecule has 0 spiro atoms. The molecule has 0 aromatic heterocycles. The highest BCUT2D eigenvalue weighted by atomic mass is 16.6. The molecule has 0 aliphatic heterocycles. The second-order valence-electron chi connectivity index (χ2n) is 1.01. The third kappa shape index (κ3) is 5.14. The Morgan fingerprint density at radius 2 is 2.43 bits per heavy atom. The summed E-state index contributed by atoms with van der Waals surface area (Å²) in [6.45, 7) is 3.25. The van der Waals surface area contributed by atoms with Crippen molar-refractivity contribution >= 4 is 12.1 Å². The number of nitrogens with zero attached hydrogens (tertiary/aromatic N) is 1. The van der Waals surface area contributed by atoms with E-state index in [2.05, 4.69) is 9.99 Å². The molecule has 0 unspecified atom stereocenters. The summed E-state index contributed by atoms with van der Waals surface area (Å²) in [6, 6.07) is 0. The first-order chi connectivity index (χ1) is 3.27. The van der Waals surface area contributed by atoms with Crippen molar-refractivity contribution in [1.82, 2.24) is 0 Å². The highest BCUT2D eigenvalue weighted by Gasteiger charge is 1.76. The van der Waals surface area contributed by atoms with E-state index in [1.165, 1.54) is 13.1 Å². The van der Waals surface area contributed by atoms with Gasteiger partial charge in [0.2, 0.25) is 5.90 Å². The average molecular weight is 100 g/mol. The molecule has 0 amide bonds. The lowest BCUT2D eigenvalue weighted by Crippen LogP contribution is -1.87. The fourth-order valence-corrected chi connectivity index (χ4v) is 0.132. The Morgan fingerprint density at radius 1 is 1.86 bits per heavy atom. The minimum atomic E-state index is 0.109. The molecule has 3 nitrogen and oxygen atoms in total. The van der Waals surface area contributed by atoms with Crippen LogP contribution in [0, 0.1) is 5.41 Å². The van der Waals surface area contributed by atoms with E-state index in [9.17, 15) is 0 Å². The van der Waals surface area contributed by atoms with Crippen molar-refractivity contribution in [2.45, 2.75) is 13.8 Å². The van der Waals surface area contributed by atoms with Crippen LogP contribution in [-0.4, -0.2) is 12.1 Å². The van der Waals surface area contributed by atoms with Crippen molar-refractivity contribution in [3.05, 3.63) is 0 Å². The lowest BCUT2D eigenvalue weighted by atomic mass is 10.8.